The summed E-state index contributed by atoms with van der Waals surface area (Å²) < 4.78 is 10.8. The number of imide groups is 1. The summed E-state index contributed by atoms with van der Waals surface area (Å²) in [5.41, 5.74) is 2.37. The normalized spacial score (nSPS) is 13.5. The second-order valence-electron chi connectivity index (χ2n) is 7.40. The van der Waals surface area contributed by atoms with Crippen molar-refractivity contribution in [3.63, 3.8) is 0 Å². The Kier molecular flexibility index (Phi) is 8.21. The summed E-state index contributed by atoms with van der Waals surface area (Å²) in [7, 11) is 0. The molecule has 8 heteroatoms. The van der Waals surface area contributed by atoms with Gasteiger partial charge in [-0.15, -0.1) is 0 Å². The number of hydrogen-bond donors (Lipinski definition) is 2. The second kappa shape index (κ2) is 11.3. The molecule has 2 aromatic carbocycles. The molecule has 0 saturated carbocycles. The highest BCUT2D eigenvalue weighted by molar-refractivity contribution is 6.36. The topological polar surface area (TPSA) is 97.0 Å². The van der Waals surface area contributed by atoms with Gasteiger partial charge in [-0.2, -0.15) is 0 Å². The van der Waals surface area contributed by atoms with E-state index in [1.54, 1.807) is 48.5 Å². The summed E-state index contributed by atoms with van der Waals surface area (Å²) in [5, 5.41) is 5.83. The molecule has 0 radical (unpaired) electrons. The molecular formula is C25H29N3O5. The maximum Gasteiger partial charge on any atom is 0.278 e. The van der Waals surface area contributed by atoms with Crippen LogP contribution in [0.1, 0.15) is 32.8 Å². The first kappa shape index (κ1) is 24.0. The van der Waals surface area contributed by atoms with E-state index in [1.165, 1.54) is 11.8 Å². The fraction of sp³-hybridized carbons (Fsp3) is 0.320. The number of carbonyl (C=O) groups is 3. The van der Waals surface area contributed by atoms with Gasteiger partial charge in [0.25, 0.3) is 11.8 Å². The molecule has 0 aliphatic carbocycles. The van der Waals surface area contributed by atoms with Crippen LogP contribution in [0.25, 0.3) is 5.57 Å². The Labute approximate surface area is 193 Å². The van der Waals surface area contributed by atoms with Gasteiger partial charge in [-0.25, -0.2) is 0 Å². The zero-order valence-electron chi connectivity index (χ0n) is 19.1. The van der Waals surface area contributed by atoms with E-state index < -0.39 is 0 Å². The predicted molar refractivity (Wildman–Crippen MR) is 127 cm³/mol. The molecule has 3 amide bonds. The molecule has 0 bridgehead atoms. The van der Waals surface area contributed by atoms with Crippen molar-refractivity contribution in [1.29, 1.82) is 0 Å². The van der Waals surface area contributed by atoms with Gasteiger partial charge >= 0.3 is 0 Å². The first-order chi connectivity index (χ1) is 15.9. The molecule has 0 unspecified atom stereocenters. The summed E-state index contributed by atoms with van der Waals surface area (Å²) >= 11 is 0. The van der Waals surface area contributed by atoms with E-state index in [4.69, 9.17) is 9.47 Å². The Hall–Kier alpha value is -3.65. The quantitative estimate of drug-likeness (QED) is 0.400. The van der Waals surface area contributed by atoms with Crippen molar-refractivity contribution < 1.29 is 23.9 Å². The zero-order chi connectivity index (χ0) is 23.8. The molecule has 1 aliphatic heterocycles. The van der Waals surface area contributed by atoms with E-state index in [0.29, 0.717) is 48.8 Å². The average Bonchev–Trinajstić information content (AvgIpc) is 3.02. The lowest BCUT2D eigenvalue weighted by atomic mass is 10.0. The number of hydrogen-bond acceptors (Lipinski definition) is 6. The monoisotopic (exact) mass is 451 g/mol. The number of ether oxygens (including phenoxy) is 2. The maximum atomic E-state index is 13.3. The van der Waals surface area contributed by atoms with Gasteiger partial charge in [0.15, 0.2) is 0 Å². The SMILES string of the molecule is CCOCCCN1C(=O)C(Nc2ccc(OCC)cc2)=C(c2ccc(NC(C)=O)cc2)C1=O. The number of anilines is 2. The van der Waals surface area contributed by atoms with Crippen molar-refractivity contribution in [2.24, 2.45) is 0 Å². The van der Waals surface area contributed by atoms with Crippen molar-refractivity contribution in [3.8, 4) is 5.75 Å². The van der Waals surface area contributed by atoms with Crippen LogP contribution in [0.2, 0.25) is 0 Å². The predicted octanol–water partition coefficient (Wildman–Crippen LogP) is 3.66. The lowest BCUT2D eigenvalue weighted by Crippen LogP contribution is -2.34. The Bertz CT molecular complexity index is 1030. The Morgan fingerprint density at radius 1 is 0.909 bits per heavy atom. The van der Waals surface area contributed by atoms with Crippen LogP contribution in [0.4, 0.5) is 11.4 Å². The number of amides is 3. The molecule has 0 atom stereocenters. The van der Waals surface area contributed by atoms with E-state index >= 15 is 0 Å². The molecule has 2 N–H and O–H groups in total. The van der Waals surface area contributed by atoms with Crippen molar-refractivity contribution in [2.75, 3.05) is 37.0 Å². The van der Waals surface area contributed by atoms with Crippen LogP contribution in [0.5, 0.6) is 5.75 Å². The van der Waals surface area contributed by atoms with Gasteiger partial charge in [0.05, 0.1) is 12.2 Å². The number of carbonyl (C=O) groups excluding carboxylic acids is 3. The summed E-state index contributed by atoms with van der Waals surface area (Å²) in [6, 6.07) is 14.0. The van der Waals surface area contributed by atoms with Crippen molar-refractivity contribution in [2.45, 2.75) is 27.2 Å². The maximum absolute atomic E-state index is 13.3. The van der Waals surface area contributed by atoms with E-state index in [2.05, 4.69) is 10.6 Å². The first-order valence-corrected chi connectivity index (χ1v) is 11.0. The number of rotatable bonds is 11. The standard InChI is InChI=1S/C25H29N3O5/c1-4-32-16-6-15-28-24(30)22(18-7-9-19(10-8-18)26-17(3)29)23(25(28)31)27-20-11-13-21(14-12-20)33-5-2/h7-14,27H,4-6,15-16H2,1-3H3,(H,26,29). The zero-order valence-corrected chi connectivity index (χ0v) is 19.1. The molecule has 8 nitrogen and oxygen atoms in total. The van der Waals surface area contributed by atoms with Gasteiger partial charge in [-0.05, 0) is 62.2 Å². The van der Waals surface area contributed by atoms with Crippen LogP contribution in [-0.2, 0) is 19.1 Å². The van der Waals surface area contributed by atoms with E-state index in [1.807, 2.05) is 13.8 Å². The van der Waals surface area contributed by atoms with Crippen LogP contribution in [0, 0.1) is 0 Å². The number of nitrogens with one attached hydrogen (secondary N) is 2. The summed E-state index contributed by atoms with van der Waals surface area (Å²) in [6.45, 7) is 7.10. The molecule has 33 heavy (non-hydrogen) atoms. The van der Waals surface area contributed by atoms with Crippen molar-refractivity contribution >= 4 is 34.7 Å². The second-order valence-corrected chi connectivity index (χ2v) is 7.40. The van der Waals surface area contributed by atoms with Gasteiger partial charge in [0.2, 0.25) is 5.91 Å². The van der Waals surface area contributed by atoms with Crippen LogP contribution in [0.15, 0.2) is 54.2 Å². The molecular weight excluding hydrogens is 422 g/mol. The lowest BCUT2D eigenvalue weighted by Gasteiger charge is -2.15. The average molecular weight is 452 g/mol. The van der Waals surface area contributed by atoms with E-state index in [0.717, 1.165) is 5.75 Å². The van der Waals surface area contributed by atoms with E-state index in [9.17, 15) is 14.4 Å². The highest BCUT2D eigenvalue weighted by Gasteiger charge is 2.38. The van der Waals surface area contributed by atoms with E-state index in [-0.39, 0.29) is 30.0 Å². The third-order valence-corrected chi connectivity index (χ3v) is 4.97. The van der Waals surface area contributed by atoms with Gasteiger partial charge in [-0.3, -0.25) is 19.3 Å². The summed E-state index contributed by atoms with van der Waals surface area (Å²) in [5.74, 6) is -0.215. The molecule has 174 valence electrons. The minimum atomic E-state index is -0.383. The summed E-state index contributed by atoms with van der Waals surface area (Å²) in [4.78, 5) is 39.0. The smallest absolute Gasteiger partial charge is 0.278 e. The molecule has 0 fully saturated rings. The highest BCUT2D eigenvalue weighted by atomic mass is 16.5. The third kappa shape index (κ3) is 5.98. The van der Waals surface area contributed by atoms with Gasteiger partial charge in [0.1, 0.15) is 11.4 Å². The minimum absolute atomic E-state index is 0.188. The van der Waals surface area contributed by atoms with Crippen LogP contribution >= 0.6 is 0 Å². The largest absolute Gasteiger partial charge is 0.494 e. The molecule has 1 aliphatic rings. The van der Waals surface area contributed by atoms with Gasteiger partial charge < -0.3 is 20.1 Å². The molecule has 2 aromatic rings. The number of benzene rings is 2. The lowest BCUT2D eigenvalue weighted by molar-refractivity contribution is -0.137. The first-order valence-electron chi connectivity index (χ1n) is 11.0. The molecule has 1 heterocycles. The highest BCUT2D eigenvalue weighted by Crippen LogP contribution is 2.31. The Morgan fingerprint density at radius 3 is 2.18 bits per heavy atom. The fourth-order valence-corrected chi connectivity index (χ4v) is 3.50. The number of nitrogens with zero attached hydrogens (tertiary/aromatic N) is 1. The van der Waals surface area contributed by atoms with Crippen molar-refractivity contribution in [1.82, 2.24) is 4.90 Å². The Balaban J connectivity index is 1.90. The van der Waals surface area contributed by atoms with Crippen LogP contribution in [-0.4, -0.2) is 49.0 Å². The van der Waals surface area contributed by atoms with Crippen LogP contribution < -0.4 is 15.4 Å². The molecule has 3 rings (SSSR count). The van der Waals surface area contributed by atoms with Crippen LogP contribution in [0.3, 0.4) is 0 Å². The molecule has 0 aromatic heterocycles. The summed E-state index contributed by atoms with van der Waals surface area (Å²) in [6.07, 6.45) is 0.552. The molecule has 0 spiro atoms. The van der Waals surface area contributed by atoms with Gasteiger partial charge in [-0.1, -0.05) is 12.1 Å². The Morgan fingerprint density at radius 2 is 1.58 bits per heavy atom. The third-order valence-electron chi connectivity index (χ3n) is 4.97. The van der Waals surface area contributed by atoms with Gasteiger partial charge in [0, 0.05) is 38.1 Å². The fourth-order valence-electron chi connectivity index (χ4n) is 3.50. The van der Waals surface area contributed by atoms with Crippen molar-refractivity contribution in [3.05, 3.63) is 59.8 Å². The minimum Gasteiger partial charge on any atom is -0.494 e. The molecule has 0 saturated heterocycles.